The first-order valence-corrected chi connectivity index (χ1v) is 11.5. The van der Waals surface area contributed by atoms with Crippen LogP contribution >= 0.6 is 0 Å². The van der Waals surface area contributed by atoms with Crippen LogP contribution in [0.3, 0.4) is 0 Å². The van der Waals surface area contributed by atoms with Crippen LogP contribution in [-0.2, 0) is 20.6 Å². The molecule has 3 rings (SSSR count). The van der Waals surface area contributed by atoms with Gasteiger partial charge in [-0.3, -0.25) is 4.79 Å². The third kappa shape index (κ3) is 5.64. The number of halogens is 1. The number of hydrogen-bond acceptors (Lipinski definition) is 3. The van der Waals surface area contributed by atoms with Crippen LogP contribution < -0.4 is 5.32 Å². The van der Waals surface area contributed by atoms with Crippen LogP contribution in [0.5, 0.6) is 0 Å². The highest BCUT2D eigenvalue weighted by Crippen LogP contribution is 2.24. The number of nitrogens with one attached hydrogen (secondary N) is 1. The van der Waals surface area contributed by atoms with Crippen LogP contribution in [0, 0.1) is 11.7 Å². The maximum Gasteiger partial charge on any atom is 0.228 e. The number of amides is 1. The molecule has 1 fully saturated rings. The lowest BCUT2D eigenvalue weighted by Gasteiger charge is -2.31. The van der Waals surface area contributed by atoms with Crippen LogP contribution in [0.2, 0.25) is 0 Å². The average molecular weight is 419 g/mol. The molecule has 5 nitrogen and oxygen atoms in total. The summed E-state index contributed by atoms with van der Waals surface area (Å²) in [6.45, 7) is 4.78. The number of rotatable bonds is 6. The molecule has 1 heterocycles. The Labute approximate surface area is 172 Å². The smallest absolute Gasteiger partial charge is 0.228 e. The zero-order chi connectivity index (χ0) is 21.0. The molecule has 0 aliphatic carbocycles. The van der Waals surface area contributed by atoms with E-state index in [1.165, 1.54) is 34.1 Å². The molecule has 1 aliphatic rings. The first-order valence-electron chi connectivity index (χ1n) is 9.87. The summed E-state index contributed by atoms with van der Waals surface area (Å²) < 4.78 is 40.0. The van der Waals surface area contributed by atoms with Crippen molar-refractivity contribution in [2.75, 3.05) is 18.4 Å². The largest absolute Gasteiger partial charge is 0.326 e. The van der Waals surface area contributed by atoms with E-state index in [9.17, 15) is 17.6 Å². The summed E-state index contributed by atoms with van der Waals surface area (Å²) in [7, 11) is -3.57. The second-order valence-electron chi connectivity index (χ2n) is 7.85. The third-order valence-corrected chi connectivity index (χ3v) is 7.07. The third-order valence-electron chi connectivity index (χ3n) is 5.26. The average Bonchev–Trinajstić information content (AvgIpc) is 2.70. The van der Waals surface area contributed by atoms with E-state index in [0.717, 1.165) is 0 Å². The molecule has 0 spiro atoms. The van der Waals surface area contributed by atoms with Gasteiger partial charge in [0.1, 0.15) is 5.82 Å². The summed E-state index contributed by atoms with van der Waals surface area (Å²) in [6, 6.07) is 13.2. The van der Waals surface area contributed by atoms with E-state index in [2.05, 4.69) is 19.2 Å². The summed E-state index contributed by atoms with van der Waals surface area (Å²) in [5, 5.41) is 2.90. The van der Waals surface area contributed by atoms with E-state index < -0.39 is 21.8 Å². The van der Waals surface area contributed by atoms with Crippen LogP contribution in [0.25, 0.3) is 0 Å². The van der Waals surface area contributed by atoms with Gasteiger partial charge in [-0.05, 0) is 54.2 Å². The fraction of sp³-hybridized carbons (Fsp3) is 0.409. The first-order chi connectivity index (χ1) is 13.7. The molecule has 1 atom stereocenters. The predicted octanol–water partition coefficient (Wildman–Crippen LogP) is 4.13. The van der Waals surface area contributed by atoms with E-state index >= 15 is 0 Å². The van der Waals surface area contributed by atoms with Gasteiger partial charge in [0.2, 0.25) is 15.9 Å². The number of nitrogens with zero attached hydrogens (tertiary/aromatic N) is 1. The van der Waals surface area contributed by atoms with Crippen molar-refractivity contribution < 1.29 is 17.6 Å². The van der Waals surface area contributed by atoms with E-state index in [1.807, 2.05) is 24.3 Å². The van der Waals surface area contributed by atoms with Gasteiger partial charge in [-0.1, -0.05) is 38.1 Å². The van der Waals surface area contributed by atoms with Crippen molar-refractivity contribution in [3.8, 4) is 0 Å². The molecule has 1 saturated heterocycles. The summed E-state index contributed by atoms with van der Waals surface area (Å²) >= 11 is 0. The molecule has 1 aliphatic heterocycles. The highest BCUT2D eigenvalue weighted by molar-refractivity contribution is 7.88. The number of sulfonamides is 1. The van der Waals surface area contributed by atoms with Gasteiger partial charge in [-0.2, -0.15) is 0 Å². The molecule has 2 aromatic carbocycles. The van der Waals surface area contributed by atoms with Gasteiger partial charge < -0.3 is 5.32 Å². The Morgan fingerprint density at radius 1 is 1.14 bits per heavy atom. The van der Waals surface area contributed by atoms with Crippen molar-refractivity contribution in [1.82, 2.24) is 4.31 Å². The molecular formula is C22H27FN2O3S. The quantitative estimate of drug-likeness (QED) is 0.767. The normalized spacial score (nSPS) is 18.0. The molecule has 156 valence electrons. The number of hydrogen-bond donors (Lipinski definition) is 1. The molecule has 0 saturated carbocycles. The Morgan fingerprint density at radius 2 is 1.79 bits per heavy atom. The van der Waals surface area contributed by atoms with Crippen molar-refractivity contribution in [3.63, 3.8) is 0 Å². The number of benzene rings is 2. The Balaban J connectivity index is 1.63. The number of piperidine rings is 1. The minimum atomic E-state index is -3.57. The number of anilines is 1. The fourth-order valence-electron chi connectivity index (χ4n) is 3.49. The van der Waals surface area contributed by atoms with E-state index in [4.69, 9.17) is 0 Å². The molecule has 0 radical (unpaired) electrons. The lowest BCUT2D eigenvalue weighted by atomic mass is 9.98. The SMILES string of the molecule is CC(C)c1ccc(NC(=O)C2CCCN(S(=O)(=O)Cc3ccc(F)cc3)C2)cc1. The summed E-state index contributed by atoms with van der Waals surface area (Å²) in [5.41, 5.74) is 2.44. The van der Waals surface area contributed by atoms with Gasteiger partial charge in [-0.15, -0.1) is 0 Å². The zero-order valence-electron chi connectivity index (χ0n) is 16.8. The number of carbonyl (C=O) groups is 1. The Hall–Kier alpha value is -2.25. The Bertz CT molecular complexity index is 941. The monoisotopic (exact) mass is 418 g/mol. The maximum atomic E-state index is 13.1. The lowest BCUT2D eigenvalue weighted by Crippen LogP contribution is -2.44. The Morgan fingerprint density at radius 3 is 2.41 bits per heavy atom. The lowest BCUT2D eigenvalue weighted by molar-refractivity contribution is -0.120. The van der Waals surface area contributed by atoms with E-state index in [1.54, 1.807) is 0 Å². The maximum absolute atomic E-state index is 13.1. The van der Waals surface area contributed by atoms with E-state index in [-0.39, 0.29) is 18.2 Å². The highest BCUT2D eigenvalue weighted by Gasteiger charge is 2.32. The van der Waals surface area contributed by atoms with Gasteiger partial charge in [0.05, 0.1) is 11.7 Å². The van der Waals surface area contributed by atoms with Gasteiger partial charge in [0.25, 0.3) is 0 Å². The second kappa shape index (κ2) is 9.05. The van der Waals surface area contributed by atoms with Crippen LogP contribution in [0.4, 0.5) is 10.1 Å². The molecule has 1 N–H and O–H groups in total. The van der Waals surface area contributed by atoms with Gasteiger partial charge in [0.15, 0.2) is 0 Å². The number of carbonyl (C=O) groups excluding carboxylic acids is 1. The van der Waals surface area contributed by atoms with Crippen molar-refractivity contribution in [1.29, 1.82) is 0 Å². The molecule has 0 bridgehead atoms. The predicted molar refractivity (Wildman–Crippen MR) is 112 cm³/mol. The summed E-state index contributed by atoms with van der Waals surface area (Å²) in [5.74, 6) is -0.737. The van der Waals surface area contributed by atoms with Crippen molar-refractivity contribution in [2.24, 2.45) is 5.92 Å². The Kier molecular flexibility index (Phi) is 6.70. The van der Waals surface area contributed by atoms with Crippen molar-refractivity contribution >= 4 is 21.6 Å². The topological polar surface area (TPSA) is 66.5 Å². The molecule has 1 unspecified atom stereocenters. The van der Waals surface area contributed by atoms with E-state index in [0.29, 0.717) is 36.6 Å². The minimum Gasteiger partial charge on any atom is -0.326 e. The zero-order valence-corrected chi connectivity index (χ0v) is 17.6. The van der Waals surface area contributed by atoms with Crippen LogP contribution in [0.1, 0.15) is 43.7 Å². The van der Waals surface area contributed by atoms with Crippen molar-refractivity contribution in [3.05, 3.63) is 65.5 Å². The highest BCUT2D eigenvalue weighted by atomic mass is 32.2. The molecular weight excluding hydrogens is 391 g/mol. The first kappa shape index (κ1) is 21.5. The van der Waals surface area contributed by atoms with Crippen molar-refractivity contribution in [2.45, 2.75) is 38.4 Å². The molecule has 29 heavy (non-hydrogen) atoms. The second-order valence-corrected chi connectivity index (χ2v) is 9.81. The van der Waals surface area contributed by atoms with Gasteiger partial charge >= 0.3 is 0 Å². The molecule has 2 aromatic rings. The minimum absolute atomic E-state index is 0.163. The van der Waals surface area contributed by atoms with Gasteiger partial charge in [0, 0.05) is 18.8 Å². The van der Waals surface area contributed by atoms with Crippen LogP contribution in [-0.4, -0.2) is 31.7 Å². The fourth-order valence-corrected chi connectivity index (χ4v) is 5.10. The molecule has 1 amide bonds. The van der Waals surface area contributed by atoms with Crippen LogP contribution in [0.15, 0.2) is 48.5 Å². The van der Waals surface area contributed by atoms with Gasteiger partial charge in [-0.25, -0.2) is 17.1 Å². The summed E-state index contributed by atoms with van der Waals surface area (Å²) in [4.78, 5) is 12.7. The standard InChI is InChI=1S/C22H27FN2O3S/c1-16(2)18-7-11-21(12-8-18)24-22(26)19-4-3-13-25(14-19)29(27,28)15-17-5-9-20(23)10-6-17/h5-12,16,19H,3-4,13-15H2,1-2H3,(H,24,26). The molecule has 0 aromatic heterocycles. The summed E-state index contributed by atoms with van der Waals surface area (Å²) in [6.07, 6.45) is 1.28. The molecule has 7 heteroatoms.